The highest BCUT2D eigenvalue weighted by Crippen LogP contribution is 2.63. The van der Waals surface area contributed by atoms with Gasteiger partial charge in [-0.1, -0.05) is 18.2 Å². The minimum absolute atomic E-state index is 0.107. The average Bonchev–Trinajstić information content (AvgIpc) is 3.14. The molecule has 9 nitrogen and oxygen atoms in total. The number of aliphatic hydroxyl groups excluding tert-OH is 3. The number of hydrogen-bond donors (Lipinski definition) is 5. The van der Waals surface area contributed by atoms with Crippen LogP contribution in [0.4, 0.5) is 0 Å². The number of nitrogens with zero attached hydrogens (tertiary/aromatic N) is 1. The van der Waals surface area contributed by atoms with Crippen molar-refractivity contribution in [2.24, 2.45) is 5.92 Å². The molecule has 2 fully saturated rings. The Morgan fingerprint density at radius 1 is 1.18 bits per heavy atom. The van der Waals surface area contributed by atoms with E-state index in [0.29, 0.717) is 11.8 Å². The molecule has 10 atom stereocenters. The SMILES string of the molecule is CN1CC[C@]23c4c5ccc(O)c4O[C@H]2[C@H](SC2O[C@H](C(=O)O)[C@@H](O)[C@H](O)[C@H]2O)C=CC3[C@H]1C5. The number of phenols is 1. The quantitative estimate of drug-likeness (QED) is 0.373. The van der Waals surface area contributed by atoms with Crippen LogP contribution < -0.4 is 4.74 Å². The standard InChI is InChI=1S/C23H27NO8S/c1-24-7-6-23-10-3-5-13(33-22-17(28)15(26)16(27)19(32-22)21(29)30)20(23)31-18-12(25)4-2-9(14(18)23)8-11(10)24/h2-5,10-11,13,15-17,19-20,22,25-28H,6-8H2,1H3,(H,29,30)/t10?,11-,13-,15+,16+,17-,19+,20+,22?,23+/m1/s1. The van der Waals surface area contributed by atoms with E-state index in [4.69, 9.17) is 9.47 Å². The lowest BCUT2D eigenvalue weighted by atomic mass is 9.53. The van der Waals surface area contributed by atoms with Crippen LogP contribution in [0.25, 0.3) is 0 Å². The van der Waals surface area contributed by atoms with Crippen LogP contribution in [-0.4, -0.2) is 97.2 Å². The van der Waals surface area contributed by atoms with Crippen molar-refractivity contribution in [3.8, 4) is 11.5 Å². The molecule has 2 saturated heterocycles. The van der Waals surface area contributed by atoms with Crippen molar-refractivity contribution in [2.45, 2.75) is 65.5 Å². The van der Waals surface area contributed by atoms with Crippen LogP contribution in [0.15, 0.2) is 24.3 Å². The van der Waals surface area contributed by atoms with Crippen molar-refractivity contribution >= 4 is 17.7 Å². The number of ether oxygens (including phenoxy) is 2. The van der Waals surface area contributed by atoms with Gasteiger partial charge in [-0.2, -0.15) is 0 Å². The van der Waals surface area contributed by atoms with Crippen LogP contribution in [0.3, 0.4) is 0 Å². The summed E-state index contributed by atoms with van der Waals surface area (Å²) in [6, 6.07) is 3.96. The maximum absolute atomic E-state index is 11.5. The van der Waals surface area contributed by atoms with Gasteiger partial charge in [-0.3, -0.25) is 0 Å². The minimum atomic E-state index is -1.72. The summed E-state index contributed by atoms with van der Waals surface area (Å²) in [6.45, 7) is 0.884. The van der Waals surface area contributed by atoms with Crippen molar-refractivity contribution in [3.05, 3.63) is 35.4 Å². The summed E-state index contributed by atoms with van der Waals surface area (Å²) in [6.07, 6.45) is -0.899. The van der Waals surface area contributed by atoms with E-state index in [-0.39, 0.29) is 28.4 Å². The molecule has 2 bridgehead atoms. The molecular weight excluding hydrogens is 450 g/mol. The summed E-state index contributed by atoms with van der Waals surface area (Å²) in [5.41, 5.74) is 0.837. The third-order valence-electron chi connectivity index (χ3n) is 8.23. The number of aliphatic hydroxyl groups is 3. The highest BCUT2D eigenvalue weighted by Gasteiger charge is 2.65. The summed E-state index contributed by atoms with van der Waals surface area (Å²) < 4.78 is 12.0. The van der Waals surface area contributed by atoms with Crippen LogP contribution in [0.1, 0.15) is 17.5 Å². The number of thioether (sulfide) groups is 1. The van der Waals surface area contributed by atoms with Crippen molar-refractivity contribution in [2.75, 3.05) is 13.6 Å². The number of piperidine rings is 1. The van der Waals surface area contributed by atoms with E-state index in [0.717, 1.165) is 24.9 Å². The molecule has 0 amide bonds. The summed E-state index contributed by atoms with van der Waals surface area (Å²) in [5, 5.41) is 50.5. The molecule has 178 valence electrons. The fourth-order valence-corrected chi connectivity index (χ4v) is 8.09. The lowest BCUT2D eigenvalue weighted by Crippen LogP contribution is -2.65. The number of carboxylic acids is 1. The van der Waals surface area contributed by atoms with Crippen molar-refractivity contribution < 1.29 is 39.8 Å². The number of aliphatic carboxylic acids is 1. The van der Waals surface area contributed by atoms with Crippen molar-refractivity contribution in [1.82, 2.24) is 4.90 Å². The molecule has 33 heavy (non-hydrogen) atoms. The number of rotatable bonds is 3. The third kappa shape index (κ3) is 2.82. The molecule has 5 aliphatic rings. The van der Waals surface area contributed by atoms with Gasteiger partial charge >= 0.3 is 5.97 Å². The first kappa shape index (κ1) is 21.7. The monoisotopic (exact) mass is 477 g/mol. The molecule has 2 unspecified atom stereocenters. The maximum atomic E-state index is 11.5. The lowest BCUT2D eigenvalue weighted by molar-refractivity contribution is -0.209. The summed E-state index contributed by atoms with van der Waals surface area (Å²) in [4.78, 5) is 13.9. The first-order valence-corrected chi connectivity index (χ1v) is 12.2. The van der Waals surface area contributed by atoms with Gasteiger partial charge in [0.05, 0.1) is 5.25 Å². The van der Waals surface area contributed by atoms with Gasteiger partial charge in [0.15, 0.2) is 17.6 Å². The van der Waals surface area contributed by atoms with Gasteiger partial charge in [0.2, 0.25) is 0 Å². The molecule has 1 aromatic rings. The molecule has 10 heteroatoms. The molecule has 2 aliphatic carbocycles. The van der Waals surface area contributed by atoms with Gasteiger partial charge in [-0.15, -0.1) is 11.8 Å². The van der Waals surface area contributed by atoms with Crippen LogP contribution in [0.2, 0.25) is 0 Å². The maximum Gasteiger partial charge on any atom is 0.335 e. The van der Waals surface area contributed by atoms with Crippen LogP contribution in [0.5, 0.6) is 11.5 Å². The normalized spacial score (nSPS) is 45.4. The first-order chi connectivity index (χ1) is 15.7. The predicted octanol–water partition coefficient (Wildman–Crippen LogP) is -0.169. The fourth-order valence-electron chi connectivity index (χ4n) is 6.66. The number of carboxylic acid groups (broad SMARTS) is 1. The molecule has 1 spiro atoms. The second-order valence-corrected chi connectivity index (χ2v) is 11.1. The Morgan fingerprint density at radius 2 is 1.97 bits per heavy atom. The summed E-state index contributed by atoms with van der Waals surface area (Å²) in [5.74, 6) is -0.578. The van der Waals surface area contributed by atoms with Crippen LogP contribution in [0, 0.1) is 5.92 Å². The third-order valence-corrected chi connectivity index (χ3v) is 9.61. The van der Waals surface area contributed by atoms with E-state index < -0.39 is 35.8 Å². The Hall–Kier alpha value is -1.82. The van der Waals surface area contributed by atoms with Gasteiger partial charge in [-0.25, -0.2) is 4.79 Å². The Kier molecular flexibility index (Phi) is 4.82. The molecule has 1 aromatic carbocycles. The number of phenolic OH excluding ortho intramolecular Hbond substituents is 1. The Labute approximate surface area is 194 Å². The van der Waals surface area contributed by atoms with Gasteiger partial charge in [0, 0.05) is 22.9 Å². The topological polar surface area (TPSA) is 140 Å². The molecular formula is C23H27NO8S. The summed E-state index contributed by atoms with van der Waals surface area (Å²) in [7, 11) is 2.13. The zero-order chi connectivity index (χ0) is 23.2. The lowest BCUT2D eigenvalue weighted by Gasteiger charge is -2.57. The number of benzene rings is 1. The number of carbonyl (C=O) groups is 1. The predicted molar refractivity (Wildman–Crippen MR) is 117 cm³/mol. The molecule has 3 aliphatic heterocycles. The smallest absolute Gasteiger partial charge is 0.335 e. The van der Waals surface area contributed by atoms with Gasteiger partial charge in [0.25, 0.3) is 0 Å². The van der Waals surface area contributed by atoms with E-state index >= 15 is 0 Å². The van der Waals surface area contributed by atoms with Crippen LogP contribution in [-0.2, 0) is 21.4 Å². The summed E-state index contributed by atoms with van der Waals surface area (Å²) >= 11 is 1.19. The molecule has 0 aromatic heterocycles. The number of likely N-dealkylation sites (tertiary alicyclic amines) is 1. The van der Waals surface area contributed by atoms with Gasteiger partial charge in [0.1, 0.15) is 29.9 Å². The number of aromatic hydroxyl groups is 1. The zero-order valence-corrected chi connectivity index (χ0v) is 18.8. The molecule has 3 heterocycles. The minimum Gasteiger partial charge on any atom is -0.504 e. The highest BCUT2D eigenvalue weighted by molar-refractivity contribution is 8.00. The first-order valence-electron chi connectivity index (χ1n) is 11.2. The number of hydrogen-bond acceptors (Lipinski definition) is 9. The van der Waals surface area contributed by atoms with E-state index in [2.05, 4.69) is 18.0 Å². The number of likely N-dealkylation sites (N-methyl/N-ethyl adjacent to an activating group) is 1. The van der Waals surface area contributed by atoms with Crippen molar-refractivity contribution in [3.63, 3.8) is 0 Å². The van der Waals surface area contributed by atoms with E-state index in [1.807, 2.05) is 12.1 Å². The largest absolute Gasteiger partial charge is 0.504 e. The second kappa shape index (κ2) is 7.34. The highest BCUT2D eigenvalue weighted by atomic mass is 32.2. The van der Waals surface area contributed by atoms with Gasteiger partial charge in [-0.05, 0) is 38.1 Å². The molecule has 6 rings (SSSR count). The fraction of sp³-hybridized carbons (Fsp3) is 0.609. The van der Waals surface area contributed by atoms with E-state index in [1.54, 1.807) is 6.07 Å². The Balaban J connectivity index is 1.38. The van der Waals surface area contributed by atoms with E-state index in [1.165, 1.54) is 17.3 Å². The molecule has 0 radical (unpaired) electrons. The van der Waals surface area contributed by atoms with Crippen molar-refractivity contribution in [1.29, 1.82) is 0 Å². The Morgan fingerprint density at radius 3 is 2.73 bits per heavy atom. The van der Waals surface area contributed by atoms with E-state index in [9.17, 15) is 30.3 Å². The zero-order valence-electron chi connectivity index (χ0n) is 17.9. The van der Waals surface area contributed by atoms with Gasteiger partial charge < -0.3 is 39.9 Å². The molecule has 0 saturated carbocycles. The second-order valence-electron chi connectivity index (χ2n) is 9.78. The molecule has 5 N–H and O–H groups in total. The van der Waals surface area contributed by atoms with Crippen LogP contribution >= 0.6 is 11.8 Å². The Bertz CT molecular complexity index is 1030. The average molecular weight is 478 g/mol.